The van der Waals surface area contributed by atoms with Gasteiger partial charge in [0.2, 0.25) is 17.7 Å². The van der Waals surface area contributed by atoms with Crippen LogP contribution in [0.5, 0.6) is 0 Å². The number of hydrogen-bond acceptors (Lipinski definition) is 12. The van der Waals surface area contributed by atoms with E-state index in [1.807, 2.05) is 0 Å². The molecule has 8 N–H and O–H groups in total. The number of carbonyl (C=O) groups excluding carboxylic acids is 5. The topological polar surface area (TPSA) is 278 Å². The summed E-state index contributed by atoms with van der Waals surface area (Å²) in [4.78, 5) is 97.5. The molecule has 0 fully saturated rings. The number of amides is 3. The number of ether oxygens (including phenoxy) is 2. The summed E-state index contributed by atoms with van der Waals surface area (Å²) >= 11 is 1.20. The summed E-state index contributed by atoms with van der Waals surface area (Å²) in [6.07, 6.45) is 28.6. The van der Waals surface area contributed by atoms with Gasteiger partial charge in [0.15, 0.2) is 0 Å². The molecule has 0 heterocycles. The first kappa shape index (κ1) is 64.1. The summed E-state index contributed by atoms with van der Waals surface area (Å²) in [5.74, 6) is -7.28. The maximum atomic E-state index is 12.9. The van der Waals surface area contributed by atoms with Crippen LogP contribution >= 0.6 is 11.8 Å². The first-order valence-corrected chi connectivity index (χ1v) is 27.1. The zero-order valence-corrected chi connectivity index (χ0v) is 42.5. The Morgan fingerprint density at radius 2 is 0.912 bits per heavy atom. The van der Waals surface area contributed by atoms with Gasteiger partial charge in [-0.2, -0.15) is 11.8 Å². The molecule has 0 saturated carbocycles. The molecule has 0 aromatic rings. The summed E-state index contributed by atoms with van der Waals surface area (Å²) in [6.45, 7) is 3.67. The van der Waals surface area contributed by atoms with Gasteiger partial charge in [0.25, 0.3) is 0 Å². The second-order valence-corrected chi connectivity index (χ2v) is 19.1. The van der Waals surface area contributed by atoms with Crippen LogP contribution in [-0.2, 0) is 47.8 Å². The van der Waals surface area contributed by atoms with Crippen LogP contribution in [0.15, 0.2) is 0 Å². The predicted molar refractivity (Wildman–Crippen MR) is 265 cm³/mol. The van der Waals surface area contributed by atoms with Gasteiger partial charge < -0.3 is 46.5 Å². The molecule has 68 heavy (non-hydrogen) atoms. The lowest BCUT2D eigenvalue weighted by atomic mass is 10.0. The average molecular weight is 987 g/mol. The quantitative estimate of drug-likeness (QED) is 0.0223. The van der Waals surface area contributed by atoms with Crippen LogP contribution in [0.4, 0.5) is 0 Å². The highest BCUT2D eigenvalue weighted by atomic mass is 32.2. The zero-order chi connectivity index (χ0) is 50.6. The van der Waals surface area contributed by atoms with Gasteiger partial charge in [-0.05, 0) is 25.7 Å². The van der Waals surface area contributed by atoms with Gasteiger partial charge in [0, 0.05) is 37.2 Å². The zero-order valence-electron chi connectivity index (χ0n) is 41.7. The van der Waals surface area contributed by atoms with E-state index in [0.717, 1.165) is 38.5 Å². The molecule has 0 aromatic carbocycles. The molecule has 0 aromatic heterocycles. The first-order chi connectivity index (χ1) is 32.7. The molecule has 0 rings (SSSR count). The number of unbranched alkanes of at least 4 members (excludes halogenated alkanes) is 24. The van der Waals surface area contributed by atoms with Gasteiger partial charge >= 0.3 is 29.8 Å². The van der Waals surface area contributed by atoms with Crippen LogP contribution in [0.25, 0.3) is 0 Å². The third kappa shape index (κ3) is 40.0. The fourth-order valence-corrected chi connectivity index (χ4v) is 8.44. The largest absolute Gasteiger partial charge is 0.481 e. The summed E-state index contributed by atoms with van der Waals surface area (Å²) in [5.41, 5.74) is 6.09. The van der Waals surface area contributed by atoms with E-state index < -0.39 is 98.1 Å². The molecular formula is C50H90N4O13S. The summed E-state index contributed by atoms with van der Waals surface area (Å²) < 4.78 is 11.3. The van der Waals surface area contributed by atoms with Gasteiger partial charge in [0.1, 0.15) is 24.8 Å². The Balaban J connectivity index is 5.00. The van der Waals surface area contributed by atoms with Crippen molar-refractivity contribution >= 4 is 59.3 Å². The fraction of sp³-hybridized carbons (Fsp3) is 0.840. The number of hydrogen-bond donors (Lipinski definition) is 7. The highest BCUT2D eigenvalue weighted by Gasteiger charge is 2.28. The van der Waals surface area contributed by atoms with Crippen molar-refractivity contribution in [3.05, 3.63) is 0 Å². The van der Waals surface area contributed by atoms with Crippen molar-refractivity contribution in [2.45, 2.75) is 244 Å². The van der Waals surface area contributed by atoms with E-state index in [0.29, 0.717) is 12.8 Å². The van der Waals surface area contributed by atoms with Crippen LogP contribution < -0.4 is 21.7 Å². The van der Waals surface area contributed by atoms with Crippen LogP contribution in [-0.4, -0.2) is 112 Å². The smallest absolute Gasteiger partial charge is 0.326 e. The van der Waals surface area contributed by atoms with Gasteiger partial charge in [-0.25, -0.2) is 4.79 Å². The molecule has 4 atom stereocenters. The van der Waals surface area contributed by atoms with E-state index in [9.17, 15) is 43.5 Å². The number of rotatable bonds is 48. The molecular weight excluding hydrogens is 897 g/mol. The molecule has 0 radical (unpaired) electrons. The lowest BCUT2D eigenvalue weighted by molar-refractivity contribution is -0.157. The highest BCUT2D eigenvalue weighted by Crippen LogP contribution is 2.16. The lowest BCUT2D eigenvalue weighted by Crippen LogP contribution is -2.54. The number of nitrogens with two attached hydrogens (primary N) is 1. The van der Waals surface area contributed by atoms with E-state index in [1.165, 1.54) is 127 Å². The van der Waals surface area contributed by atoms with Gasteiger partial charge in [0.05, 0.1) is 12.6 Å². The monoisotopic (exact) mass is 987 g/mol. The molecule has 0 aliphatic heterocycles. The molecule has 0 aliphatic rings. The van der Waals surface area contributed by atoms with Gasteiger partial charge in [-0.15, -0.1) is 0 Å². The normalized spacial score (nSPS) is 12.9. The molecule has 0 aliphatic carbocycles. The summed E-state index contributed by atoms with van der Waals surface area (Å²) in [7, 11) is 0. The number of carboxylic acid groups (broad SMARTS) is 3. The summed E-state index contributed by atoms with van der Waals surface area (Å²) in [5, 5.41) is 34.1. The van der Waals surface area contributed by atoms with E-state index in [4.69, 9.17) is 25.4 Å². The van der Waals surface area contributed by atoms with Crippen LogP contribution in [0, 0.1) is 0 Å². The third-order valence-electron chi connectivity index (χ3n) is 11.6. The van der Waals surface area contributed by atoms with Crippen molar-refractivity contribution in [1.29, 1.82) is 0 Å². The number of aliphatic carboxylic acids is 3. The third-order valence-corrected chi connectivity index (χ3v) is 12.8. The Hall–Kier alpha value is -3.93. The number of thioether (sulfide) groups is 1. The Kier molecular flexibility index (Phi) is 41.7. The van der Waals surface area contributed by atoms with Gasteiger partial charge in [-0.3, -0.25) is 33.6 Å². The number of nitrogens with one attached hydrogen (secondary N) is 3. The Morgan fingerprint density at radius 1 is 0.500 bits per heavy atom. The molecule has 0 saturated heterocycles. The lowest BCUT2D eigenvalue weighted by Gasteiger charge is -2.21. The maximum Gasteiger partial charge on any atom is 0.326 e. The van der Waals surface area contributed by atoms with Crippen molar-refractivity contribution < 1.29 is 63.1 Å². The van der Waals surface area contributed by atoms with Crippen molar-refractivity contribution in [3.8, 4) is 0 Å². The number of carboxylic acids is 3. The van der Waals surface area contributed by atoms with Crippen molar-refractivity contribution in [3.63, 3.8) is 0 Å². The van der Waals surface area contributed by atoms with Crippen LogP contribution in [0.1, 0.15) is 219 Å². The fourth-order valence-electron chi connectivity index (χ4n) is 7.47. The maximum absolute atomic E-state index is 12.9. The molecule has 394 valence electrons. The van der Waals surface area contributed by atoms with Crippen molar-refractivity contribution in [2.24, 2.45) is 5.73 Å². The van der Waals surface area contributed by atoms with E-state index >= 15 is 0 Å². The summed E-state index contributed by atoms with van der Waals surface area (Å²) in [6, 6.07) is -4.23. The molecule has 0 spiro atoms. The highest BCUT2D eigenvalue weighted by molar-refractivity contribution is 7.99. The standard InChI is InChI=1S/C50H90N4O13S/c1-3-5-7-9-11-13-15-17-19-21-23-25-27-29-46(60)66-36-39(67-47(61)30-28-26-24-22-20-18-16-14-12-10-8-6-4-2)37-68-38-40(51)48(62)52-35-43(55)53-41(31-33-44(56)57)49(63)54-42(50(64)65)32-34-45(58)59/h39-42H,3-38,51H2,1-2H3,(H,52,62)(H,53,55)(H,54,63)(H,56,57)(H,58,59)(H,64,65)/t39-,40+,41+,42+/m1/s1. The van der Waals surface area contributed by atoms with Gasteiger partial charge in [-0.1, -0.05) is 168 Å². The predicted octanol–water partition coefficient (Wildman–Crippen LogP) is 8.36. The van der Waals surface area contributed by atoms with E-state index in [2.05, 4.69) is 29.8 Å². The molecule has 18 heteroatoms. The van der Waals surface area contributed by atoms with Crippen molar-refractivity contribution in [2.75, 3.05) is 24.7 Å². The minimum atomic E-state index is -1.61. The molecule has 17 nitrogen and oxygen atoms in total. The SMILES string of the molecule is CCCCCCCCCCCCCCCC(=O)OC[C@H](CSC[C@H](N)C(=O)NCC(=O)N[C@@H](CCC(=O)O)C(=O)N[C@@H](CCC(=O)O)C(=O)O)OC(=O)CCCCCCCCCCCCCCC. The first-order valence-electron chi connectivity index (χ1n) is 25.9. The van der Waals surface area contributed by atoms with Crippen LogP contribution in [0.3, 0.4) is 0 Å². The van der Waals surface area contributed by atoms with Crippen LogP contribution in [0.2, 0.25) is 0 Å². The van der Waals surface area contributed by atoms with Crippen molar-refractivity contribution in [1.82, 2.24) is 16.0 Å². The average Bonchev–Trinajstić information content (AvgIpc) is 3.29. The number of esters is 2. The molecule has 0 unspecified atom stereocenters. The second-order valence-electron chi connectivity index (χ2n) is 18.0. The Bertz CT molecular complexity index is 1400. The Labute approximate surface area is 411 Å². The number of carbonyl (C=O) groups is 8. The molecule has 3 amide bonds. The molecule has 0 bridgehead atoms. The Morgan fingerprint density at radius 3 is 1.34 bits per heavy atom. The second kappa shape index (κ2) is 44.3. The van der Waals surface area contributed by atoms with E-state index in [-0.39, 0.29) is 36.9 Å². The van der Waals surface area contributed by atoms with E-state index in [1.54, 1.807) is 0 Å². The minimum absolute atomic E-state index is 0.0455. The minimum Gasteiger partial charge on any atom is -0.481 e.